The lowest BCUT2D eigenvalue weighted by Gasteiger charge is -2.34. The fraction of sp³-hybridized carbons (Fsp3) is 0.333. The van der Waals surface area contributed by atoms with Crippen LogP contribution in [0.25, 0.3) is 0 Å². The third-order valence-electron chi connectivity index (χ3n) is 4.55. The van der Waals surface area contributed by atoms with Gasteiger partial charge in [0.2, 0.25) is 0 Å². The highest BCUT2D eigenvalue weighted by Gasteiger charge is 2.26. The molecule has 2 aromatic rings. The predicted octanol–water partition coefficient (Wildman–Crippen LogP) is 3.94. The summed E-state index contributed by atoms with van der Waals surface area (Å²) in [5.74, 6) is 0.460. The molecule has 0 unspecified atom stereocenters. The minimum Gasteiger partial charge on any atom is -0.488 e. The summed E-state index contributed by atoms with van der Waals surface area (Å²) in [7, 11) is 0. The minimum atomic E-state index is -0.327. The first-order valence-corrected chi connectivity index (χ1v) is 10.1. The average molecular weight is 447 g/mol. The number of amides is 2. The van der Waals surface area contributed by atoms with Crippen molar-refractivity contribution in [3.05, 3.63) is 64.1 Å². The van der Waals surface area contributed by atoms with Crippen LogP contribution in [0.15, 0.2) is 53.0 Å². The van der Waals surface area contributed by atoms with E-state index in [0.29, 0.717) is 50.7 Å². The molecular formula is C21H23BrN2O4. The number of halogens is 1. The molecule has 28 heavy (non-hydrogen) atoms. The highest BCUT2D eigenvalue weighted by molar-refractivity contribution is 9.10. The average Bonchev–Trinajstić information content (AvgIpc) is 2.73. The normalized spacial score (nSPS) is 13.9. The molecule has 2 amide bonds. The number of rotatable bonds is 5. The first-order chi connectivity index (χ1) is 13.6. The number of nitrogens with zero attached hydrogens (tertiary/aromatic N) is 2. The molecule has 1 aliphatic heterocycles. The monoisotopic (exact) mass is 446 g/mol. The van der Waals surface area contributed by atoms with E-state index < -0.39 is 0 Å². The Morgan fingerprint density at radius 1 is 0.964 bits per heavy atom. The highest BCUT2D eigenvalue weighted by Crippen LogP contribution is 2.24. The van der Waals surface area contributed by atoms with E-state index in [2.05, 4.69) is 15.9 Å². The van der Waals surface area contributed by atoms with Crippen molar-refractivity contribution in [1.82, 2.24) is 9.80 Å². The van der Waals surface area contributed by atoms with Gasteiger partial charge in [0.1, 0.15) is 12.4 Å². The quantitative estimate of drug-likeness (QED) is 0.697. The molecule has 0 spiro atoms. The molecule has 0 N–H and O–H groups in total. The lowest BCUT2D eigenvalue weighted by Crippen LogP contribution is -2.50. The number of para-hydroxylation sites is 1. The van der Waals surface area contributed by atoms with Gasteiger partial charge >= 0.3 is 6.09 Å². The first-order valence-electron chi connectivity index (χ1n) is 9.26. The van der Waals surface area contributed by atoms with Crippen molar-refractivity contribution < 1.29 is 19.1 Å². The van der Waals surface area contributed by atoms with Crippen LogP contribution in [0.3, 0.4) is 0 Å². The lowest BCUT2D eigenvalue weighted by molar-refractivity contribution is 0.0567. The number of piperazine rings is 1. The number of carbonyl (C=O) groups excluding carboxylic acids is 2. The molecule has 0 atom stereocenters. The van der Waals surface area contributed by atoms with Gasteiger partial charge in [-0.25, -0.2) is 4.79 Å². The molecule has 6 nitrogen and oxygen atoms in total. The Labute approximate surface area is 173 Å². The van der Waals surface area contributed by atoms with Gasteiger partial charge in [0.05, 0.1) is 12.2 Å². The Bertz CT molecular complexity index is 835. The molecule has 0 bridgehead atoms. The van der Waals surface area contributed by atoms with Crippen LogP contribution in [0.4, 0.5) is 4.79 Å². The van der Waals surface area contributed by atoms with Crippen molar-refractivity contribution in [3.8, 4) is 5.75 Å². The molecule has 2 aromatic carbocycles. The molecule has 1 saturated heterocycles. The van der Waals surface area contributed by atoms with E-state index in [-0.39, 0.29) is 12.0 Å². The first kappa shape index (κ1) is 20.2. The molecule has 1 heterocycles. The number of ether oxygens (including phenoxy) is 2. The summed E-state index contributed by atoms with van der Waals surface area (Å²) >= 11 is 3.51. The fourth-order valence-corrected chi connectivity index (χ4v) is 3.42. The maximum Gasteiger partial charge on any atom is 0.409 e. The molecule has 3 rings (SSSR count). The smallest absolute Gasteiger partial charge is 0.409 e. The summed E-state index contributed by atoms with van der Waals surface area (Å²) in [5.41, 5.74) is 1.53. The van der Waals surface area contributed by atoms with Crippen molar-refractivity contribution in [3.63, 3.8) is 0 Å². The zero-order chi connectivity index (χ0) is 19.9. The van der Waals surface area contributed by atoms with Gasteiger partial charge < -0.3 is 19.3 Å². The Morgan fingerprint density at radius 3 is 2.32 bits per heavy atom. The lowest BCUT2D eigenvalue weighted by atomic mass is 10.1. The van der Waals surface area contributed by atoms with Crippen LogP contribution < -0.4 is 4.74 Å². The number of benzene rings is 2. The van der Waals surface area contributed by atoms with Gasteiger partial charge in [0.15, 0.2) is 0 Å². The maximum absolute atomic E-state index is 13.0. The number of hydrogen-bond donors (Lipinski definition) is 0. The van der Waals surface area contributed by atoms with Crippen LogP contribution in [0.2, 0.25) is 0 Å². The standard InChI is InChI=1S/C21H23BrN2O4/c1-2-27-21(26)24-13-11-23(12-14-24)20(25)17-8-4-6-10-19(17)28-15-16-7-3-5-9-18(16)22/h3-10H,2,11-15H2,1H3. The maximum atomic E-state index is 13.0. The van der Waals surface area contributed by atoms with Crippen LogP contribution in [-0.4, -0.2) is 54.6 Å². The molecule has 0 saturated carbocycles. The van der Waals surface area contributed by atoms with Crippen molar-refractivity contribution >= 4 is 27.9 Å². The van der Waals surface area contributed by atoms with Gasteiger partial charge in [-0.05, 0) is 25.1 Å². The number of carbonyl (C=O) groups is 2. The topological polar surface area (TPSA) is 59.1 Å². The Hall–Kier alpha value is -2.54. The van der Waals surface area contributed by atoms with Gasteiger partial charge in [-0.15, -0.1) is 0 Å². The van der Waals surface area contributed by atoms with Crippen LogP contribution in [0.1, 0.15) is 22.8 Å². The van der Waals surface area contributed by atoms with Gasteiger partial charge in [0.25, 0.3) is 5.91 Å². The van der Waals surface area contributed by atoms with E-state index in [1.54, 1.807) is 28.9 Å². The molecule has 1 fully saturated rings. The van der Waals surface area contributed by atoms with Crippen molar-refractivity contribution in [2.75, 3.05) is 32.8 Å². The molecule has 1 aliphatic rings. The Morgan fingerprint density at radius 2 is 1.61 bits per heavy atom. The summed E-state index contributed by atoms with van der Waals surface area (Å²) < 4.78 is 11.9. The second-order valence-electron chi connectivity index (χ2n) is 6.35. The summed E-state index contributed by atoms with van der Waals surface area (Å²) in [6.07, 6.45) is -0.327. The predicted molar refractivity (Wildman–Crippen MR) is 109 cm³/mol. The van der Waals surface area contributed by atoms with E-state index in [4.69, 9.17) is 9.47 Å². The van der Waals surface area contributed by atoms with Gasteiger partial charge in [-0.1, -0.05) is 46.3 Å². The summed E-state index contributed by atoms with van der Waals surface area (Å²) in [5, 5.41) is 0. The Kier molecular flexibility index (Phi) is 6.92. The Balaban J connectivity index is 1.65. The second kappa shape index (κ2) is 9.59. The van der Waals surface area contributed by atoms with Crippen LogP contribution in [-0.2, 0) is 11.3 Å². The molecule has 0 aromatic heterocycles. The molecule has 0 radical (unpaired) electrons. The van der Waals surface area contributed by atoms with Crippen molar-refractivity contribution in [2.45, 2.75) is 13.5 Å². The van der Waals surface area contributed by atoms with E-state index >= 15 is 0 Å². The van der Waals surface area contributed by atoms with Crippen LogP contribution in [0, 0.1) is 0 Å². The van der Waals surface area contributed by atoms with Crippen molar-refractivity contribution in [2.24, 2.45) is 0 Å². The summed E-state index contributed by atoms with van der Waals surface area (Å²) in [6.45, 7) is 4.35. The van der Waals surface area contributed by atoms with Crippen LogP contribution >= 0.6 is 15.9 Å². The second-order valence-corrected chi connectivity index (χ2v) is 7.21. The van der Waals surface area contributed by atoms with Gasteiger partial charge in [-0.2, -0.15) is 0 Å². The fourth-order valence-electron chi connectivity index (χ4n) is 3.02. The van der Waals surface area contributed by atoms with Crippen molar-refractivity contribution in [1.29, 1.82) is 0 Å². The van der Waals surface area contributed by atoms with Gasteiger partial charge in [-0.3, -0.25) is 4.79 Å². The largest absolute Gasteiger partial charge is 0.488 e. The molecular weight excluding hydrogens is 424 g/mol. The number of hydrogen-bond acceptors (Lipinski definition) is 4. The van der Waals surface area contributed by atoms with E-state index in [9.17, 15) is 9.59 Å². The zero-order valence-electron chi connectivity index (χ0n) is 15.8. The highest BCUT2D eigenvalue weighted by atomic mass is 79.9. The molecule has 0 aliphatic carbocycles. The van der Waals surface area contributed by atoms with Gasteiger partial charge in [0, 0.05) is 36.2 Å². The van der Waals surface area contributed by atoms with E-state index in [0.717, 1.165) is 10.0 Å². The molecule has 7 heteroatoms. The zero-order valence-corrected chi connectivity index (χ0v) is 17.4. The SMILES string of the molecule is CCOC(=O)N1CCN(C(=O)c2ccccc2OCc2ccccc2Br)CC1. The van der Waals surface area contributed by atoms with E-state index in [1.807, 2.05) is 36.4 Å². The minimum absolute atomic E-state index is 0.0914. The van der Waals surface area contributed by atoms with E-state index in [1.165, 1.54) is 0 Å². The van der Waals surface area contributed by atoms with Crippen LogP contribution in [0.5, 0.6) is 5.75 Å². The third kappa shape index (κ3) is 4.84. The summed E-state index contributed by atoms with van der Waals surface area (Å²) in [4.78, 5) is 28.2. The molecule has 148 valence electrons. The summed E-state index contributed by atoms with van der Waals surface area (Å²) in [6, 6.07) is 15.1. The third-order valence-corrected chi connectivity index (χ3v) is 5.32.